The number of hydrogen-bond acceptors (Lipinski definition) is 4. The van der Waals surface area contributed by atoms with Crippen LogP contribution in [0.1, 0.15) is 0 Å². The third kappa shape index (κ3) is 8.76. The molecule has 0 aliphatic rings. The van der Waals surface area contributed by atoms with Gasteiger partial charge in [-0.25, -0.2) is 4.42 Å². The van der Waals surface area contributed by atoms with E-state index in [4.69, 9.17) is 58.5 Å². The summed E-state index contributed by atoms with van der Waals surface area (Å²) in [5, 5.41) is 0. The van der Waals surface area contributed by atoms with Crippen LogP contribution in [0.3, 0.4) is 0 Å². The Morgan fingerprint density at radius 1 is 0.750 bits per heavy atom. The summed E-state index contributed by atoms with van der Waals surface area (Å²) < 4.78 is 15.9. The number of aromatic nitrogens is 2. The second-order valence-corrected chi connectivity index (χ2v) is 47.6. The average molecular weight is 591 g/mol. The van der Waals surface area contributed by atoms with Crippen molar-refractivity contribution in [1.29, 1.82) is 0 Å². The second kappa shape index (κ2) is 9.87. The van der Waals surface area contributed by atoms with Gasteiger partial charge in [0, 0.05) is 5.56 Å². The van der Waals surface area contributed by atoms with Crippen LogP contribution >= 0.6 is 44.6 Å². The maximum atomic E-state index is 5.55. The summed E-state index contributed by atoms with van der Waals surface area (Å²) in [6, 6.07) is 17.1. The first-order valence-electron chi connectivity index (χ1n) is 7.70. The van der Waals surface area contributed by atoms with Gasteiger partial charge in [-0.1, -0.05) is 23.2 Å². The van der Waals surface area contributed by atoms with Gasteiger partial charge in [-0.3, -0.25) is 0 Å². The zero-order chi connectivity index (χ0) is 20.8. The summed E-state index contributed by atoms with van der Waals surface area (Å²) in [7, 11) is 28.4. The van der Waals surface area contributed by atoms with E-state index in [1.54, 1.807) is 7.11 Å². The molecule has 28 heavy (non-hydrogen) atoms. The van der Waals surface area contributed by atoms with Gasteiger partial charge in [0.2, 0.25) is 0 Å². The zero-order valence-electron chi connectivity index (χ0n) is 14.7. The van der Waals surface area contributed by atoms with Gasteiger partial charge in [-0.05, 0) is 36.4 Å². The van der Waals surface area contributed by atoms with Crippen molar-refractivity contribution in [2.75, 3.05) is 14.2 Å². The standard InChI is InChI=1S/C17H15N2O3.5ClH.Sn/c1-20-14-10-8-12(9-11-14)15-18-16(22-17(19-15)21-2)13-6-4-3-5-7-13;;;;;;/h3-11H,1-2H3;5*1H;/q+1;;;;;;+4/p-5. The Balaban J connectivity index is 0.000000409. The number of hydrogen-bond donors (Lipinski definition) is 0. The van der Waals surface area contributed by atoms with Crippen molar-refractivity contribution < 1.29 is 13.9 Å². The Morgan fingerprint density at radius 2 is 1.32 bits per heavy atom. The molecule has 1 aromatic heterocycles. The number of rotatable bonds is 4. The van der Waals surface area contributed by atoms with E-state index in [9.17, 15) is 0 Å². The molecule has 0 unspecified atom stereocenters. The van der Waals surface area contributed by atoms with Gasteiger partial charge in [-0.2, -0.15) is 4.98 Å². The number of benzene rings is 2. The molecule has 11 heteroatoms. The number of ether oxygens (including phenoxy) is 2. The van der Waals surface area contributed by atoms with Gasteiger partial charge in [0.15, 0.2) is 12.9 Å². The van der Waals surface area contributed by atoms with E-state index >= 15 is 0 Å². The minimum absolute atomic E-state index is 0.166. The molecule has 0 radical (unpaired) electrons. The average Bonchev–Trinajstić information content (AvgIpc) is 2.66. The minimum atomic E-state index is -4.40. The Labute approximate surface area is 182 Å². The molecule has 5 nitrogen and oxygen atoms in total. The maximum absolute atomic E-state index is 5.55. The molecule has 0 saturated heterocycles. The van der Waals surface area contributed by atoms with Crippen molar-refractivity contribution in [1.82, 2.24) is 9.97 Å². The van der Waals surface area contributed by atoms with Crippen LogP contribution < -0.4 is 9.47 Å². The van der Waals surface area contributed by atoms with Gasteiger partial charge < -0.3 is 9.47 Å². The van der Waals surface area contributed by atoms with Crippen molar-refractivity contribution in [3.05, 3.63) is 54.6 Å². The van der Waals surface area contributed by atoms with Crippen LogP contribution in [0.2, 0.25) is 0 Å². The molecule has 0 saturated carbocycles. The predicted octanol–water partition coefficient (Wildman–Crippen LogP) is 6.77. The Morgan fingerprint density at radius 3 is 1.82 bits per heavy atom. The van der Waals surface area contributed by atoms with E-state index in [0.29, 0.717) is 11.7 Å². The molecule has 0 spiro atoms. The molecule has 0 bridgehead atoms. The van der Waals surface area contributed by atoms with E-state index in [1.807, 2.05) is 54.6 Å². The van der Waals surface area contributed by atoms with Crippen LogP contribution in [-0.2, 0) is 0 Å². The molecule has 0 aliphatic heterocycles. The third-order valence-corrected chi connectivity index (χ3v) is 3.13. The fraction of sp³-hybridized carbons (Fsp3) is 0.118. The fourth-order valence-corrected chi connectivity index (χ4v) is 2.00. The summed E-state index contributed by atoms with van der Waals surface area (Å²) in [4.78, 5) is 8.74. The summed E-state index contributed by atoms with van der Waals surface area (Å²) in [6.07, 6.45) is 0.166. The first kappa shape index (κ1) is 23.6. The van der Waals surface area contributed by atoms with E-state index in [2.05, 4.69) is 9.97 Å². The van der Waals surface area contributed by atoms with Crippen LogP contribution in [0.15, 0.2) is 59.0 Å². The number of nitrogens with zero attached hydrogens (tertiary/aromatic N) is 2. The zero-order valence-corrected chi connectivity index (χ0v) is 21.3. The molecule has 0 N–H and O–H groups in total. The van der Waals surface area contributed by atoms with Gasteiger partial charge in [0.05, 0.1) is 12.7 Å². The van der Waals surface area contributed by atoms with E-state index in [1.165, 1.54) is 7.11 Å². The molecule has 0 atom stereocenters. The molecule has 1 heterocycles. The normalized spacial score (nSPS) is 12.2. The van der Waals surface area contributed by atoms with Gasteiger partial charge >= 0.3 is 67.9 Å². The third-order valence-electron chi connectivity index (χ3n) is 3.13. The molecule has 150 valence electrons. The monoisotopic (exact) mass is 590 g/mol. The second-order valence-electron chi connectivity index (χ2n) is 5.23. The molecule has 0 amide bonds. The number of methoxy groups -OCH3 is 2. The van der Waals surface area contributed by atoms with Crippen LogP contribution in [0, 0.1) is 0 Å². The van der Waals surface area contributed by atoms with Crippen molar-refractivity contribution >= 4 is 56.0 Å². The molecule has 0 fully saturated rings. The Hall–Kier alpha value is -0.701. The molecule has 0 aliphatic carbocycles. The number of halogens is 5. The van der Waals surface area contributed by atoms with Crippen molar-refractivity contribution in [2.24, 2.45) is 0 Å². The summed E-state index contributed by atoms with van der Waals surface area (Å²) in [5.41, 5.74) is 1.71. The molecule has 3 rings (SSSR count). The first-order valence-corrected chi connectivity index (χ1v) is 25.8. The van der Waals surface area contributed by atoms with Crippen LogP contribution in [0.5, 0.6) is 11.8 Å². The Bertz CT molecular complexity index is 903. The summed E-state index contributed by atoms with van der Waals surface area (Å²) in [6.45, 7) is 0. The van der Waals surface area contributed by atoms with Gasteiger partial charge in [0.25, 0.3) is 0 Å². The van der Waals surface area contributed by atoms with Crippen LogP contribution in [0.25, 0.3) is 22.8 Å². The van der Waals surface area contributed by atoms with Crippen molar-refractivity contribution in [2.45, 2.75) is 0 Å². The molecule has 2 aromatic carbocycles. The summed E-state index contributed by atoms with van der Waals surface area (Å²) in [5.74, 6) is 1.77. The van der Waals surface area contributed by atoms with E-state index in [0.717, 1.165) is 16.9 Å². The quantitative estimate of drug-likeness (QED) is 0.248. The molecular formula is C17H15Cl5N2O3Sn. The van der Waals surface area contributed by atoms with Crippen LogP contribution in [0.4, 0.5) is 0 Å². The van der Waals surface area contributed by atoms with Crippen molar-refractivity contribution in [3.8, 4) is 34.7 Å². The Kier molecular flexibility index (Phi) is 8.31. The van der Waals surface area contributed by atoms with Gasteiger partial charge in [0.1, 0.15) is 5.75 Å². The topological polar surface area (TPSA) is 55.5 Å². The predicted molar refractivity (Wildman–Crippen MR) is 118 cm³/mol. The van der Waals surface area contributed by atoms with E-state index < -0.39 is 11.4 Å². The first-order chi connectivity index (χ1) is 13.0. The van der Waals surface area contributed by atoms with Crippen molar-refractivity contribution in [3.63, 3.8) is 0 Å². The SMILES string of the molecule is COc1ccc(-c2nc(OC)[o+]c(-c3ccccc3)n2)cc1.[Cl][Sn-]([Cl])([Cl])([Cl])[Cl]. The fourth-order valence-electron chi connectivity index (χ4n) is 2.00. The van der Waals surface area contributed by atoms with Crippen LogP contribution in [-0.4, -0.2) is 35.5 Å². The van der Waals surface area contributed by atoms with E-state index in [-0.39, 0.29) is 6.08 Å². The van der Waals surface area contributed by atoms with Gasteiger partial charge in [-0.15, -0.1) is 0 Å². The molecule has 3 aromatic rings. The summed E-state index contributed by atoms with van der Waals surface area (Å²) >= 11 is -4.40. The molecular weight excluding hydrogens is 576 g/mol.